The molecular weight excluding hydrogens is 360 g/mol. The lowest BCUT2D eigenvalue weighted by molar-refractivity contribution is 0.242. The van der Waals surface area contributed by atoms with Gasteiger partial charge in [-0.25, -0.2) is 8.42 Å². The average Bonchev–Trinajstić information content (AvgIpc) is 2.68. The maximum absolute atomic E-state index is 12.9. The third-order valence-electron chi connectivity index (χ3n) is 4.78. The second-order valence-corrected chi connectivity index (χ2v) is 8.96. The highest BCUT2D eigenvalue weighted by Gasteiger charge is 2.29. The summed E-state index contributed by atoms with van der Waals surface area (Å²) in [6.45, 7) is 8.29. The summed E-state index contributed by atoms with van der Waals surface area (Å²) in [6, 6.07) is 15.2. The molecule has 6 heteroatoms. The highest BCUT2D eigenvalue weighted by Crippen LogP contribution is 2.30. The molecule has 0 unspecified atom stereocenters. The SMILES string of the molecule is CCc1ccc(S(=O)(=O)N2CCN(c3ccccc3OC(C)C)CC2)cc1. The maximum atomic E-state index is 12.9. The largest absolute Gasteiger partial charge is 0.489 e. The molecule has 27 heavy (non-hydrogen) atoms. The Morgan fingerprint density at radius 2 is 1.59 bits per heavy atom. The molecule has 1 heterocycles. The van der Waals surface area contributed by atoms with Crippen LogP contribution in [-0.2, 0) is 16.4 Å². The van der Waals surface area contributed by atoms with Gasteiger partial charge >= 0.3 is 0 Å². The lowest BCUT2D eigenvalue weighted by Gasteiger charge is -2.36. The lowest BCUT2D eigenvalue weighted by atomic mass is 10.2. The Morgan fingerprint density at radius 3 is 2.19 bits per heavy atom. The predicted molar refractivity (Wildman–Crippen MR) is 109 cm³/mol. The number of anilines is 1. The van der Waals surface area contributed by atoms with Gasteiger partial charge in [-0.1, -0.05) is 31.2 Å². The molecule has 0 bridgehead atoms. The van der Waals surface area contributed by atoms with Gasteiger partial charge in [-0.2, -0.15) is 4.31 Å². The minimum absolute atomic E-state index is 0.0962. The first-order valence-corrected chi connectivity index (χ1v) is 11.0. The molecule has 1 fully saturated rings. The highest BCUT2D eigenvalue weighted by atomic mass is 32.2. The molecule has 0 aromatic heterocycles. The van der Waals surface area contributed by atoms with Crippen LogP contribution in [0.1, 0.15) is 26.3 Å². The number of ether oxygens (including phenoxy) is 1. The van der Waals surface area contributed by atoms with Crippen LogP contribution in [0, 0.1) is 0 Å². The number of benzene rings is 2. The zero-order valence-electron chi connectivity index (χ0n) is 16.3. The van der Waals surface area contributed by atoms with Crippen LogP contribution >= 0.6 is 0 Å². The van der Waals surface area contributed by atoms with E-state index in [0.717, 1.165) is 23.4 Å². The summed E-state index contributed by atoms with van der Waals surface area (Å²) < 4.78 is 33.3. The summed E-state index contributed by atoms with van der Waals surface area (Å²) >= 11 is 0. The number of rotatable bonds is 6. The molecule has 0 aliphatic carbocycles. The minimum Gasteiger partial charge on any atom is -0.489 e. The minimum atomic E-state index is -3.45. The van der Waals surface area contributed by atoms with Gasteiger partial charge in [0.25, 0.3) is 0 Å². The number of nitrogens with zero attached hydrogens (tertiary/aromatic N) is 2. The number of hydrogen-bond donors (Lipinski definition) is 0. The van der Waals surface area contributed by atoms with Gasteiger partial charge in [0.2, 0.25) is 10.0 Å². The zero-order valence-corrected chi connectivity index (χ0v) is 17.1. The van der Waals surface area contributed by atoms with E-state index in [-0.39, 0.29) is 6.10 Å². The Morgan fingerprint density at radius 1 is 0.963 bits per heavy atom. The van der Waals surface area contributed by atoms with Crippen molar-refractivity contribution in [1.82, 2.24) is 4.31 Å². The number of sulfonamides is 1. The van der Waals surface area contributed by atoms with E-state index in [9.17, 15) is 8.42 Å². The number of piperazine rings is 1. The summed E-state index contributed by atoms with van der Waals surface area (Å²) in [5.74, 6) is 0.846. The predicted octanol–water partition coefficient (Wildman–Crippen LogP) is 3.55. The van der Waals surface area contributed by atoms with Crippen LogP contribution in [-0.4, -0.2) is 45.0 Å². The van der Waals surface area contributed by atoms with Crippen LogP contribution in [0.25, 0.3) is 0 Å². The van der Waals surface area contributed by atoms with Gasteiger partial charge in [0.15, 0.2) is 0 Å². The van der Waals surface area contributed by atoms with Gasteiger partial charge in [0.05, 0.1) is 16.7 Å². The molecule has 0 spiro atoms. The van der Waals surface area contributed by atoms with Crippen molar-refractivity contribution < 1.29 is 13.2 Å². The van der Waals surface area contributed by atoms with Crippen molar-refractivity contribution in [2.24, 2.45) is 0 Å². The third kappa shape index (κ3) is 4.45. The first-order valence-electron chi connectivity index (χ1n) is 9.51. The molecule has 0 N–H and O–H groups in total. The van der Waals surface area contributed by atoms with E-state index in [1.807, 2.05) is 50.2 Å². The first-order chi connectivity index (χ1) is 12.9. The quantitative estimate of drug-likeness (QED) is 0.759. The number of hydrogen-bond acceptors (Lipinski definition) is 4. The molecule has 146 valence electrons. The van der Waals surface area contributed by atoms with Crippen molar-refractivity contribution in [2.45, 2.75) is 38.2 Å². The van der Waals surface area contributed by atoms with E-state index in [2.05, 4.69) is 11.8 Å². The van der Waals surface area contributed by atoms with Crippen LogP contribution in [0.15, 0.2) is 53.4 Å². The summed E-state index contributed by atoms with van der Waals surface area (Å²) in [5, 5.41) is 0. The van der Waals surface area contributed by atoms with Crippen molar-refractivity contribution >= 4 is 15.7 Å². The van der Waals surface area contributed by atoms with Crippen molar-refractivity contribution in [3.05, 3.63) is 54.1 Å². The van der Waals surface area contributed by atoms with Crippen molar-refractivity contribution in [3.8, 4) is 5.75 Å². The van der Waals surface area contributed by atoms with Gasteiger partial charge in [-0.3, -0.25) is 0 Å². The number of aryl methyl sites for hydroxylation is 1. The number of para-hydroxylation sites is 2. The van der Waals surface area contributed by atoms with Gasteiger partial charge in [-0.05, 0) is 50.1 Å². The smallest absolute Gasteiger partial charge is 0.243 e. The molecule has 2 aromatic rings. The normalized spacial score (nSPS) is 15.9. The molecule has 3 rings (SSSR count). The second-order valence-electron chi connectivity index (χ2n) is 7.02. The highest BCUT2D eigenvalue weighted by molar-refractivity contribution is 7.89. The molecule has 1 aliphatic heterocycles. The van der Waals surface area contributed by atoms with Crippen molar-refractivity contribution in [1.29, 1.82) is 0 Å². The molecule has 0 atom stereocenters. The average molecular weight is 389 g/mol. The Kier molecular flexibility index (Phi) is 6.07. The maximum Gasteiger partial charge on any atom is 0.243 e. The Balaban J connectivity index is 1.71. The van der Waals surface area contributed by atoms with E-state index in [4.69, 9.17) is 4.74 Å². The standard InChI is InChI=1S/C21H28N2O3S/c1-4-18-9-11-19(12-10-18)27(24,25)23-15-13-22(14-16-23)20-7-5-6-8-21(20)26-17(2)3/h5-12,17H,4,13-16H2,1-3H3. The molecule has 1 aliphatic rings. The fraction of sp³-hybridized carbons (Fsp3) is 0.429. The Labute approximate surface area is 162 Å². The molecule has 5 nitrogen and oxygen atoms in total. The van der Waals surface area contributed by atoms with E-state index in [0.29, 0.717) is 31.1 Å². The Bertz CT molecular complexity index is 855. The molecule has 2 aromatic carbocycles. The van der Waals surface area contributed by atoms with Gasteiger partial charge < -0.3 is 9.64 Å². The fourth-order valence-corrected chi connectivity index (χ4v) is 4.71. The summed E-state index contributed by atoms with van der Waals surface area (Å²) in [5.41, 5.74) is 2.16. The van der Waals surface area contributed by atoms with E-state index >= 15 is 0 Å². The van der Waals surface area contributed by atoms with Gasteiger partial charge in [0.1, 0.15) is 5.75 Å². The van der Waals surface area contributed by atoms with E-state index in [1.165, 1.54) is 0 Å². The monoisotopic (exact) mass is 388 g/mol. The first kappa shape index (κ1) is 19.7. The van der Waals surface area contributed by atoms with E-state index < -0.39 is 10.0 Å². The summed E-state index contributed by atoms with van der Waals surface area (Å²) in [7, 11) is -3.45. The fourth-order valence-electron chi connectivity index (χ4n) is 3.29. The lowest BCUT2D eigenvalue weighted by Crippen LogP contribution is -2.48. The molecular formula is C21H28N2O3S. The van der Waals surface area contributed by atoms with Crippen molar-refractivity contribution in [2.75, 3.05) is 31.1 Å². The topological polar surface area (TPSA) is 49.9 Å². The third-order valence-corrected chi connectivity index (χ3v) is 6.69. The van der Waals surface area contributed by atoms with Gasteiger partial charge in [0, 0.05) is 26.2 Å². The zero-order chi connectivity index (χ0) is 19.4. The summed E-state index contributed by atoms with van der Waals surface area (Å²) in [6.07, 6.45) is 0.996. The summed E-state index contributed by atoms with van der Waals surface area (Å²) in [4.78, 5) is 2.57. The van der Waals surface area contributed by atoms with E-state index in [1.54, 1.807) is 16.4 Å². The molecule has 0 saturated carbocycles. The van der Waals surface area contributed by atoms with Crippen LogP contribution in [0.5, 0.6) is 5.75 Å². The van der Waals surface area contributed by atoms with Crippen LogP contribution in [0.2, 0.25) is 0 Å². The molecule has 0 amide bonds. The second kappa shape index (κ2) is 8.31. The molecule has 1 saturated heterocycles. The molecule has 0 radical (unpaired) electrons. The van der Waals surface area contributed by atoms with Crippen molar-refractivity contribution in [3.63, 3.8) is 0 Å². The van der Waals surface area contributed by atoms with Gasteiger partial charge in [-0.15, -0.1) is 0 Å². The van der Waals surface area contributed by atoms with Crippen LogP contribution in [0.3, 0.4) is 0 Å². The van der Waals surface area contributed by atoms with Crippen LogP contribution in [0.4, 0.5) is 5.69 Å². The Hall–Kier alpha value is -2.05. The van der Waals surface area contributed by atoms with Crippen LogP contribution < -0.4 is 9.64 Å².